The number of rotatable bonds is 6. The molecule has 0 aromatic carbocycles. The Balaban J connectivity index is 1.49. The number of aliphatic hydroxyl groups is 1. The first-order chi connectivity index (χ1) is 11.3. The molecule has 1 aliphatic heterocycles. The van der Waals surface area contributed by atoms with Crippen molar-refractivity contribution in [3.05, 3.63) is 23.7 Å². The Morgan fingerprint density at radius 1 is 1.17 bits per heavy atom. The molecule has 23 heavy (non-hydrogen) atoms. The minimum Gasteiger partial charge on any atom is -0.462 e. The van der Waals surface area contributed by atoms with Gasteiger partial charge in [0, 0.05) is 6.54 Å². The number of carbonyl (C=O) groups excluding carboxylic acids is 1. The molecule has 0 bridgehead atoms. The first kappa shape index (κ1) is 16.5. The van der Waals surface area contributed by atoms with Crippen LogP contribution in [-0.4, -0.2) is 35.0 Å². The number of hydrogen-bond donors (Lipinski definition) is 2. The van der Waals surface area contributed by atoms with Crippen molar-refractivity contribution in [2.45, 2.75) is 64.1 Å². The number of carbonyl (C=O) groups is 1. The molecule has 0 spiro atoms. The molecule has 2 aliphatic rings. The van der Waals surface area contributed by atoms with Crippen molar-refractivity contribution < 1.29 is 14.3 Å². The summed E-state index contributed by atoms with van der Waals surface area (Å²) in [6.45, 7) is 2.32. The van der Waals surface area contributed by atoms with Gasteiger partial charge in [0.15, 0.2) is 0 Å². The van der Waals surface area contributed by atoms with Gasteiger partial charge in [-0.3, -0.25) is 9.69 Å². The van der Waals surface area contributed by atoms with Crippen molar-refractivity contribution in [1.82, 2.24) is 10.2 Å². The van der Waals surface area contributed by atoms with Crippen LogP contribution in [0.4, 0.5) is 0 Å². The zero-order valence-electron chi connectivity index (χ0n) is 13.8. The van der Waals surface area contributed by atoms with E-state index in [1.165, 1.54) is 32.1 Å². The van der Waals surface area contributed by atoms with E-state index in [-0.39, 0.29) is 18.6 Å². The fraction of sp³-hybridized carbons (Fsp3) is 0.722. The number of amides is 1. The van der Waals surface area contributed by atoms with Crippen molar-refractivity contribution >= 4 is 5.91 Å². The van der Waals surface area contributed by atoms with E-state index in [2.05, 4.69) is 10.2 Å². The van der Waals surface area contributed by atoms with Gasteiger partial charge >= 0.3 is 0 Å². The van der Waals surface area contributed by atoms with Crippen molar-refractivity contribution in [2.24, 2.45) is 5.92 Å². The van der Waals surface area contributed by atoms with Crippen molar-refractivity contribution in [3.63, 3.8) is 0 Å². The van der Waals surface area contributed by atoms with E-state index in [4.69, 9.17) is 9.52 Å². The van der Waals surface area contributed by atoms with Gasteiger partial charge in [-0.2, -0.15) is 0 Å². The van der Waals surface area contributed by atoms with Crippen LogP contribution in [0.3, 0.4) is 0 Å². The maximum Gasteiger partial charge on any atom is 0.237 e. The Hall–Kier alpha value is -1.33. The van der Waals surface area contributed by atoms with E-state index >= 15 is 0 Å². The molecule has 0 radical (unpaired) electrons. The van der Waals surface area contributed by atoms with Crippen molar-refractivity contribution in [3.8, 4) is 0 Å². The Labute approximate surface area is 138 Å². The third-order valence-electron chi connectivity index (χ3n) is 5.19. The monoisotopic (exact) mass is 320 g/mol. The number of nitrogens with zero attached hydrogens (tertiary/aromatic N) is 1. The van der Waals surface area contributed by atoms with Gasteiger partial charge in [0.25, 0.3) is 0 Å². The number of aliphatic hydroxyl groups excluding tert-OH is 1. The zero-order chi connectivity index (χ0) is 16.1. The van der Waals surface area contributed by atoms with Crippen LogP contribution in [0.15, 0.2) is 16.5 Å². The lowest BCUT2D eigenvalue weighted by Gasteiger charge is -2.25. The molecule has 1 aliphatic carbocycles. The summed E-state index contributed by atoms with van der Waals surface area (Å²) in [4.78, 5) is 14.7. The minimum absolute atomic E-state index is 0.0405. The van der Waals surface area contributed by atoms with Crippen molar-refractivity contribution in [2.75, 3.05) is 13.1 Å². The molecule has 1 saturated heterocycles. The average Bonchev–Trinajstić information content (AvgIpc) is 3.23. The van der Waals surface area contributed by atoms with Gasteiger partial charge in [-0.05, 0) is 50.3 Å². The quantitative estimate of drug-likeness (QED) is 0.845. The summed E-state index contributed by atoms with van der Waals surface area (Å²) in [5.41, 5.74) is 0. The van der Waals surface area contributed by atoms with Gasteiger partial charge in [0.2, 0.25) is 5.91 Å². The fourth-order valence-electron chi connectivity index (χ4n) is 3.86. The van der Waals surface area contributed by atoms with Crippen LogP contribution < -0.4 is 5.32 Å². The summed E-state index contributed by atoms with van der Waals surface area (Å²) in [6, 6.07) is 3.64. The van der Waals surface area contributed by atoms with E-state index in [1.807, 2.05) is 6.07 Å². The van der Waals surface area contributed by atoms with E-state index in [0.717, 1.165) is 31.7 Å². The maximum absolute atomic E-state index is 12.5. The van der Waals surface area contributed by atoms with E-state index in [1.54, 1.807) is 6.07 Å². The summed E-state index contributed by atoms with van der Waals surface area (Å²) in [6.07, 6.45) is 8.44. The molecule has 1 aromatic rings. The van der Waals surface area contributed by atoms with Crippen LogP contribution >= 0.6 is 0 Å². The maximum atomic E-state index is 12.5. The van der Waals surface area contributed by atoms with E-state index in [9.17, 15) is 4.79 Å². The molecule has 2 heterocycles. The van der Waals surface area contributed by atoms with Gasteiger partial charge in [0.1, 0.15) is 18.1 Å². The summed E-state index contributed by atoms with van der Waals surface area (Å²) >= 11 is 0. The SMILES string of the molecule is O=C(NCC1CCCCC1)[C@H]1CCCN1Cc1ccc(CO)o1. The molecule has 2 fully saturated rings. The van der Waals surface area contributed by atoms with Gasteiger partial charge in [0.05, 0.1) is 12.6 Å². The number of nitrogens with one attached hydrogen (secondary N) is 1. The van der Waals surface area contributed by atoms with Crippen molar-refractivity contribution in [1.29, 1.82) is 0 Å². The molecule has 1 aromatic heterocycles. The smallest absolute Gasteiger partial charge is 0.237 e. The molecule has 0 unspecified atom stereocenters. The summed E-state index contributed by atoms with van der Waals surface area (Å²) in [5.74, 6) is 2.24. The standard InChI is InChI=1S/C18H28N2O3/c21-13-16-9-8-15(23-16)12-20-10-4-7-17(20)18(22)19-11-14-5-2-1-3-6-14/h8-9,14,17,21H,1-7,10-13H2,(H,19,22)/t17-/m1/s1. The molecule has 2 N–H and O–H groups in total. The molecule has 1 saturated carbocycles. The molecule has 1 amide bonds. The second-order valence-electron chi connectivity index (χ2n) is 6.90. The van der Waals surface area contributed by atoms with Crippen LogP contribution in [0.2, 0.25) is 0 Å². The third-order valence-corrected chi connectivity index (χ3v) is 5.19. The van der Waals surface area contributed by atoms with Gasteiger partial charge < -0.3 is 14.8 Å². The lowest BCUT2D eigenvalue weighted by Crippen LogP contribution is -2.44. The molecule has 128 valence electrons. The first-order valence-corrected chi connectivity index (χ1v) is 8.96. The fourth-order valence-corrected chi connectivity index (χ4v) is 3.86. The topological polar surface area (TPSA) is 65.7 Å². The van der Waals surface area contributed by atoms with E-state index < -0.39 is 0 Å². The number of hydrogen-bond acceptors (Lipinski definition) is 4. The number of likely N-dealkylation sites (tertiary alicyclic amines) is 1. The second-order valence-corrected chi connectivity index (χ2v) is 6.90. The largest absolute Gasteiger partial charge is 0.462 e. The molecule has 5 heteroatoms. The molecular weight excluding hydrogens is 292 g/mol. The van der Waals surface area contributed by atoms with Crippen LogP contribution in [0.1, 0.15) is 56.5 Å². The Bertz CT molecular complexity index is 508. The number of furan rings is 1. The Kier molecular flexibility index (Phi) is 5.73. The Morgan fingerprint density at radius 2 is 1.96 bits per heavy atom. The average molecular weight is 320 g/mol. The zero-order valence-corrected chi connectivity index (χ0v) is 13.8. The van der Waals surface area contributed by atoms with Crippen LogP contribution in [-0.2, 0) is 17.9 Å². The predicted molar refractivity (Wildman–Crippen MR) is 87.6 cm³/mol. The lowest BCUT2D eigenvalue weighted by molar-refractivity contribution is -0.125. The highest BCUT2D eigenvalue weighted by Crippen LogP contribution is 2.24. The summed E-state index contributed by atoms with van der Waals surface area (Å²) in [7, 11) is 0. The second kappa shape index (κ2) is 7.97. The molecular formula is C18H28N2O3. The Morgan fingerprint density at radius 3 is 2.70 bits per heavy atom. The highest BCUT2D eigenvalue weighted by atomic mass is 16.4. The van der Waals surface area contributed by atoms with Gasteiger partial charge in [-0.15, -0.1) is 0 Å². The first-order valence-electron chi connectivity index (χ1n) is 8.96. The predicted octanol–water partition coefficient (Wildman–Crippen LogP) is 2.43. The lowest BCUT2D eigenvalue weighted by atomic mass is 9.89. The highest BCUT2D eigenvalue weighted by Gasteiger charge is 2.31. The van der Waals surface area contributed by atoms with E-state index in [0.29, 0.717) is 18.2 Å². The van der Waals surface area contributed by atoms with Crippen LogP contribution in [0.5, 0.6) is 0 Å². The third kappa shape index (κ3) is 4.36. The molecule has 5 nitrogen and oxygen atoms in total. The molecule has 3 rings (SSSR count). The van der Waals surface area contributed by atoms with Crippen LogP contribution in [0, 0.1) is 5.92 Å². The summed E-state index contributed by atoms with van der Waals surface area (Å²) in [5, 5.41) is 12.2. The molecule has 1 atom stereocenters. The summed E-state index contributed by atoms with van der Waals surface area (Å²) < 4.78 is 5.55. The normalized spacial score (nSPS) is 23.3. The van der Waals surface area contributed by atoms with Gasteiger partial charge in [-0.25, -0.2) is 0 Å². The van der Waals surface area contributed by atoms with Gasteiger partial charge in [-0.1, -0.05) is 19.3 Å². The minimum atomic E-state index is -0.0781. The highest BCUT2D eigenvalue weighted by molar-refractivity contribution is 5.82. The van der Waals surface area contributed by atoms with Crippen LogP contribution in [0.25, 0.3) is 0 Å².